The van der Waals surface area contributed by atoms with Gasteiger partial charge in [-0.2, -0.15) is 0 Å². The molecule has 0 N–H and O–H groups in total. The van der Waals surface area contributed by atoms with Gasteiger partial charge >= 0.3 is 46.5 Å². The molecule has 0 aromatic carbocycles. The Bertz CT molecular complexity index is 364. The first kappa shape index (κ1) is 31.3. The monoisotopic (exact) mass is 428 g/mol. The Hall–Kier alpha value is 1.64. The topological polar surface area (TPSA) is 43.3 Å². The number of thiol groups is 1. The van der Waals surface area contributed by atoms with Crippen LogP contribution in [0.25, 0.3) is 0 Å². The third-order valence-electron chi connectivity index (χ3n) is 2.89. The molecule has 0 unspecified atom stereocenters. The number of aliphatic imine (C=N–C) groups is 1. The van der Waals surface area contributed by atoms with Crippen molar-refractivity contribution < 1.29 is 51.0 Å². The number of thiocarbonyl (C=S) groups is 1. The molecule has 0 aliphatic rings. The van der Waals surface area contributed by atoms with Gasteiger partial charge in [0.15, 0.2) is 0 Å². The molecule has 5 nitrogen and oxygen atoms in total. The summed E-state index contributed by atoms with van der Waals surface area (Å²) in [7, 11) is -2.60. The Morgan fingerprint density at radius 1 is 1.04 bits per heavy atom. The van der Waals surface area contributed by atoms with Crippen LogP contribution < -0.4 is 37.7 Å². The molecule has 0 aliphatic carbocycles. The van der Waals surface area contributed by atoms with Crippen molar-refractivity contribution in [2.45, 2.75) is 33.2 Å². The SMILES string of the molecule is CCO[Si](CCCN(CCN=C([S-])[S-])C(=S)S)(OCC)OCC.[Li+].[Li+]. The van der Waals surface area contributed by atoms with Crippen molar-refractivity contribution in [1.29, 1.82) is 0 Å². The van der Waals surface area contributed by atoms with Gasteiger partial charge in [-0.05, 0) is 27.2 Å². The van der Waals surface area contributed by atoms with E-state index in [9.17, 15) is 0 Å². The average Bonchev–Trinajstić information content (AvgIpc) is 2.46. The first-order valence-electron chi connectivity index (χ1n) is 7.69. The standard InChI is InChI=1S/C13H28N2O3S4Si.2Li/c1-4-16-23(17-5-2,18-6-3)11-7-9-15(13(21)22)10-8-14-12(19)20;;/h4-11H2,1-3H3,(H,21,22)(H2,14,19,20);;/q;2*+1/p-2. The zero-order valence-electron chi connectivity index (χ0n) is 15.9. The zero-order valence-corrected chi connectivity index (χ0v) is 20.3. The predicted molar refractivity (Wildman–Crippen MR) is 110 cm³/mol. The van der Waals surface area contributed by atoms with Gasteiger partial charge in [0.1, 0.15) is 4.32 Å². The fourth-order valence-electron chi connectivity index (χ4n) is 2.05. The maximum Gasteiger partial charge on any atom is 1.00 e. The minimum atomic E-state index is -2.60. The number of rotatable bonds is 13. The molecule has 0 aromatic rings. The Morgan fingerprint density at radius 3 is 1.88 bits per heavy atom. The summed E-state index contributed by atoms with van der Waals surface area (Å²) < 4.78 is 18.3. The molecule has 0 saturated carbocycles. The van der Waals surface area contributed by atoms with Gasteiger partial charge in [0, 0.05) is 39.0 Å². The van der Waals surface area contributed by atoms with E-state index in [1.54, 1.807) is 0 Å². The van der Waals surface area contributed by atoms with Crippen LogP contribution >= 0.6 is 24.8 Å². The van der Waals surface area contributed by atoms with Gasteiger partial charge in [-0.25, -0.2) is 4.38 Å². The summed E-state index contributed by atoms with van der Waals surface area (Å²) >= 11 is 19.0. The summed E-state index contributed by atoms with van der Waals surface area (Å²) in [6.45, 7) is 9.50. The van der Waals surface area contributed by atoms with E-state index < -0.39 is 8.80 Å². The first-order chi connectivity index (χ1) is 10.9. The minimum absolute atomic E-state index is 0. The average molecular weight is 429 g/mol. The van der Waals surface area contributed by atoms with Crippen molar-refractivity contribution in [2.75, 3.05) is 39.5 Å². The maximum absolute atomic E-state index is 5.84. The van der Waals surface area contributed by atoms with E-state index in [4.69, 9.17) is 50.8 Å². The molecule has 0 heterocycles. The molecule has 0 saturated heterocycles. The van der Waals surface area contributed by atoms with Crippen LogP contribution in [0.15, 0.2) is 4.99 Å². The second kappa shape index (κ2) is 19.0. The fourth-order valence-corrected chi connectivity index (χ4v) is 5.21. The van der Waals surface area contributed by atoms with Crippen LogP contribution in [-0.4, -0.2) is 61.9 Å². The van der Waals surface area contributed by atoms with Crippen LogP contribution in [0, 0.1) is 0 Å². The third-order valence-corrected chi connectivity index (χ3v) is 6.84. The second-order valence-corrected chi connectivity index (χ2v) is 9.38. The van der Waals surface area contributed by atoms with Crippen molar-refractivity contribution in [3.8, 4) is 0 Å². The molecule has 0 aliphatic heterocycles. The smallest absolute Gasteiger partial charge is 0.789 e. The number of nitrogens with zero attached hydrogens (tertiary/aromatic N) is 2. The van der Waals surface area contributed by atoms with Gasteiger partial charge in [0.05, 0.1) is 6.54 Å². The van der Waals surface area contributed by atoms with Crippen LogP contribution in [0.3, 0.4) is 0 Å². The Balaban J connectivity index is -0.00000242. The van der Waals surface area contributed by atoms with Gasteiger partial charge in [-0.15, -0.1) is 12.6 Å². The molecule has 0 fully saturated rings. The Morgan fingerprint density at radius 2 is 1.52 bits per heavy atom. The number of hydrogen-bond acceptors (Lipinski definition) is 7. The Labute approximate surface area is 199 Å². The normalized spacial score (nSPS) is 10.4. The van der Waals surface area contributed by atoms with Crippen LogP contribution in [0.5, 0.6) is 0 Å². The third kappa shape index (κ3) is 15.3. The van der Waals surface area contributed by atoms with E-state index in [0.717, 1.165) is 19.0 Å². The zero-order chi connectivity index (χ0) is 17.7. The number of hydrogen-bond donors (Lipinski definition) is 1. The maximum atomic E-state index is 5.84. The van der Waals surface area contributed by atoms with Crippen LogP contribution in [0.2, 0.25) is 6.04 Å². The molecule has 0 atom stereocenters. The molecule has 0 radical (unpaired) electrons. The van der Waals surface area contributed by atoms with E-state index in [2.05, 4.69) is 17.6 Å². The fraction of sp³-hybridized carbons (Fsp3) is 0.846. The molecular weight excluding hydrogens is 402 g/mol. The van der Waals surface area contributed by atoms with Gasteiger partial charge in [-0.1, -0.05) is 12.2 Å². The summed E-state index contributed by atoms with van der Waals surface area (Å²) in [6, 6.07) is 0.742. The van der Waals surface area contributed by atoms with Crippen molar-refractivity contribution in [3.05, 3.63) is 0 Å². The first-order valence-corrected chi connectivity index (χ1v) is 11.3. The van der Waals surface area contributed by atoms with Gasteiger partial charge in [0.2, 0.25) is 0 Å². The van der Waals surface area contributed by atoms with Gasteiger partial charge < -0.3 is 48.4 Å². The van der Waals surface area contributed by atoms with E-state index >= 15 is 0 Å². The molecule has 12 heteroatoms. The molecule has 0 spiro atoms. The van der Waals surface area contributed by atoms with Crippen LogP contribution in [-0.2, 0) is 38.5 Å². The van der Waals surface area contributed by atoms with E-state index in [1.165, 1.54) is 0 Å². The van der Waals surface area contributed by atoms with Crippen molar-refractivity contribution in [2.24, 2.45) is 4.99 Å². The molecule has 25 heavy (non-hydrogen) atoms. The second-order valence-electron chi connectivity index (χ2n) is 4.50. The van der Waals surface area contributed by atoms with Crippen LogP contribution in [0.1, 0.15) is 27.2 Å². The summed E-state index contributed by atoms with van der Waals surface area (Å²) in [6.07, 6.45) is 0.839. The quantitative estimate of drug-likeness (QED) is 0.0812. The van der Waals surface area contributed by atoms with Crippen molar-refractivity contribution >= 4 is 67.6 Å². The summed E-state index contributed by atoms with van der Waals surface area (Å²) in [5.41, 5.74) is 0. The molecule has 136 valence electrons. The summed E-state index contributed by atoms with van der Waals surface area (Å²) in [5.74, 6) is 0. The van der Waals surface area contributed by atoms with Gasteiger partial charge in [0.25, 0.3) is 0 Å². The summed E-state index contributed by atoms with van der Waals surface area (Å²) in [4.78, 5) is 6.01. The van der Waals surface area contributed by atoms with E-state index in [0.29, 0.717) is 37.2 Å². The largest absolute Gasteiger partial charge is 1.00 e. The molecule has 0 amide bonds. The molecule has 0 bridgehead atoms. The minimum Gasteiger partial charge on any atom is -0.789 e. The molecule has 0 aromatic heterocycles. The molecular formula is C13H26Li2N2O3S4Si. The molecule has 0 rings (SSSR count). The van der Waals surface area contributed by atoms with E-state index in [-0.39, 0.29) is 42.1 Å². The predicted octanol–water partition coefficient (Wildman–Crippen LogP) is -3.60. The van der Waals surface area contributed by atoms with Crippen molar-refractivity contribution in [1.82, 2.24) is 4.90 Å². The van der Waals surface area contributed by atoms with Crippen molar-refractivity contribution in [3.63, 3.8) is 0 Å². The Kier molecular flexibility index (Phi) is 23.8. The van der Waals surface area contributed by atoms with Crippen LogP contribution in [0.4, 0.5) is 0 Å². The van der Waals surface area contributed by atoms with E-state index in [1.807, 2.05) is 25.7 Å². The summed E-state index contributed by atoms with van der Waals surface area (Å²) in [5, 5.41) is 0. The van der Waals surface area contributed by atoms with Gasteiger partial charge in [-0.3, -0.25) is 0 Å².